The highest BCUT2D eigenvalue weighted by molar-refractivity contribution is 5.66. The van der Waals surface area contributed by atoms with Gasteiger partial charge in [-0.2, -0.15) is 5.10 Å². The Morgan fingerprint density at radius 1 is 0.931 bits per heavy atom. The van der Waals surface area contributed by atoms with E-state index in [4.69, 9.17) is 0 Å². The predicted molar refractivity (Wildman–Crippen MR) is 111 cm³/mol. The predicted octanol–water partition coefficient (Wildman–Crippen LogP) is 4.27. The Morgan fingerprint density at radius 2 is 1.72 bits per heavy atom. The normalized spacial score (nSPS) is 10.8. The van der Waals surface area contributed by atoms with E-state index in [1.54, 1.807) is 24.0 Å². The molecule has 0 aliphatic heterocycles. The number of benzene rings is 2. The zero-order chi connectivity index (χ0) is 20.4. The second kappa shape index (κ2) is 7.67. The number of rotatable bonds is 5. The molecule has 0 saturated carbocycles. The first-order chi connectivity index (χ1) is 14.0. The van der Waals surface area contributed by atoms with Crippen LogP contribution < -0.4 is 10.6 Å². The summed E-state index contributed by atoms with van der Waals surface area (Å²) in [7, 11) is 1.75. The van der Waals surface area contributed by atoms with Crippen molar-refractivity contribution >= 4 is 17.3 Å². The van der Waals surface area contributed by atoms with Gasteiger partial charge in [0.2, 0.25) is 5.95 Å². The molecule has 2 N–H and O–H groups in total. The minimum Gasteiger partial charge on any atom is -0.388 e. The van der Waals surface area contributed by atoms with Gasteiger partial charge in [-0.15, -0.1) is 0 Å². The number of anilines is 3. The molecule has 2 heterocycles. The maximum Gasteiger partial charge on any atom is 0.227 e. The molecule has 4 aromatic rings. The molecule has 0 unspecified atom stereocenters. The number of nitrogens with zero attached hydrogens (tertiary/aromatic N) is 5. The lowest BCUT2D eigenvalue weighted by Gasteiger charge is -2.09. The molecule has 4 rings (SSSR count). The Morgan fingerprint density at radius 3 is 2.41 bits per heavy atom. The lowest BCUT2D eigenvalue weighted by Crippen LogP contribution is -2.01. The molecular formula is C21H20FN7. The van der Waals surface area contributed by atoms with Crippen LogP contribution >= 0.6 is 0 Å². The fourth-order valence-corrected chi connectivity index (χ4v) is 3.04. The molecule has 0 spiro atoms. The van der Waals surface area contributed by atoms with E-state index < -0.39 is 0 Å². The summed E-state index contributed by atoms with van der Waals surface area (Å²) in [5.74, 6) is 1.66. The molecule has 2 aromatic carbocycles. The van der Waals surface area contributed by atoms with Crippen molar-refractivity contribution in [3.8, 4) is 16.9 Å². The first-order valence-corrected chi connectivity index (χ1v) is 9.11. The molecule has 2 aromatic heterocycles. The van der Waals surface area contributed by atoms with Gasteiger partial charge in [-0.3, -0.25) is 0 Å². The van der Waals surface area contributed by atoms with E-state index in [9.17, 15) is 4.39 Å². The molecule has 0 bridgehead atoms. The summed E-state index contributed by atoms with van der Waals surface area (Å²) in [5.41, 5.74) is 3.73. The van der Waals surface area contributed by atoms with Crippen LogP contribution in [-0.4, -0.2) is 31.8 Å². The summed E-state index contributed by atoms with van der Waals surface area (Å²) in [6.45, 7) is 3.78. The summed E-state index contributed by atoms with van der Waals surface area (Å²) in [6.07, 6.45) is 1.64. The average molecular weight is 389 g/mol. The van der Waals surface area contributed by atoms with Crippen molar-refractivity contribution in [2.45, 2.75) is 13.8 Å². The van der Waals surface area contributed by atoms with Crippen molar-refractivity contribution in [2.24, 2.45) is 0 Å². The van der Waals surface area contributed by atoms with Crippen LogP contribution in [0, 0.1) is 19.7 Å². The van der Waals surface area contributed by atoms with Crippen LogP contribution in [-0.2, 0) is 0 Å². The third-order valence-corrected chi connectivity index (χ3v) is 4.38. The number of nitrogens with one attached hydrogen (secondary N) is 2. The standard InChI is InChI=1S/C21H20FN7/c1-13-25-14(2)29(28-13)19-6-4-17(5-7-19)26-21-24-9-8-20(27-21)15-10-16(22)12-18(11-15)23-3/h4-12,23H,1-3H3,(H,24,26,27). The summed E-state index contributed by atoms with van der Waals surface area (Å²) >= 11 is 0. The van der Waals surface area contributed by atoms with Crippen molar-refractivity contribution in [1.82, 2.24) is 24.7 Å². The van der Waals surface area contributed by atoms with Crippen molar-refractivity contribution in [3.05, 3.63) is 72.2 Å². The maximum atomic E-state index is 13.8. The molecule has 0 aliphatic carbocycles. The van der Waals surface area contributed by atoms with Gasteiger partial charge in [0.1, 0.15) is 17.5 Å². The Bertz CT molecular complexity index is 1150. The minimum absolute atomic E-state index is 0.325. The highest BCUT2D eigenvalue weighted by atomic mass is 19.1. The van der Waals surface area contributed by atoms with Crippen LogP contribution in [0.5, 0.6) is 0 Å². The van der Waals surface area contributed by atoms with E-state index in [1.807, 2.05) is 44.2 Å². The Kier molecular flexibility index (Phi) is 4.90. The molecule has 8 heteroatoms. The van der Waals surface area contributed by atoms with E-state index in [2.05, 4.69) is 30.7 Å². The first kappa shape index (κ1) is 18.5. The van der Waals surface area contributed by atoms with E-state index in [1.165, 1.54) is 12.1 Å². The van der Waals surface area contributed by atoms with E-state index in [0.717, 1.165) is 23.0 Å². The second-order valence-electron chi connectivity index (χ2n) is 6.53. The third kappa shape index (κ3) is 4.06. The molecule has 0 fully saturated rings. The highest BCUT2D eigenvalue weighted by Gasteiger charge is 2.08. The smallest absolute Gasteiger partial charge is 0.227 e. The van der Waals surface area contributed by atoms with E-state index >= 15 is 0 Å². The molecule has 7 nitrogen and oxygen atoms in total. The van der Waals surface area contributed by atoms with Gasteiger partial charge in [-0.05, 0) is 62.4 Å². The van der Waals surface area contributed by atoms with E-state index in [-0.39, 0.29) is 5.82 Å². The van der Waals surface area contributed by atoms with Gasteiger partial charge in [-0.25, -0.2) is 24.0 Å². The van der Waals surface area contributed by atoms with Gasteiger partial charge in [-0.1, -0.05) is 0 Å². The zero-order valence-electron chi connectivity index (χ0n) is 16.3. The Hall–Kier alpha value is -3.81. The zero-order valence-corrected chi connectivity index (χ0v) is 16.3. The van der Waals surface area contributed by atoms with Crippen LogP contribution in [0.3, 0.4) is 0 Å². The topological polar surface area (TPSA) is 80.5 Å². The number of hydrogen-bond donors (Lipinski definition) is 2. The number of halogens is 1. The number of aromatic nitrogens is 5. The quantitative estimate of drug-likeness (QED) is 0.531. The number of hydrogen-bond acceptors (Lipinski definition) is 6. The molecule has 0 saturated heterocycles. The fourth-order valence-electron chi connectivity index (χ4n) is 3.04. The van der Waals surface area contributed by atoms with Crippen LogP contribution in [0.25, 0.3) is 16.9 Å². The highest BCUT2D eigenvalue weighted by Crippen LogP contribution is 2.24. The van der Waals surface area contributed by atoms with Gasteiger partial charge in [0.15, 0.2) is 0 Å². The van der Waals surface area contributed by atoms with Crippen molar-refractivity contribution in [2.75, 3.05) is 17.7 Å². The molecule has 146 valence electrons. The minimum atomic E-state index is -0.325. The third-order valence-electron chi connectivity index (χ3n) is 4.38. The average Bonchev–Trinajstić information content (AvgIpc) is 3.06. The summed E-state index contributed by atoms with van der Waals surface area (Å²) in [6, 6.07) is 14.2. The van der Waals surface area contributed by atoms with Crippen LogP contribution in [0.2, 0.25) is 0 Å². The molecular weight excluding hydrogens is 369 g/mol. The number of aryl methyl sites for hydroxylation is 2. The fraction of sp³-hybridized carbons (Fsp3) is 0.143. The van der Waals surface area contributed by atoms with Gasteiger partial charge < -0.3 is 10.6 Å². The van der Waals surface area contributed by atoms with Crippen molar-refractivity contribution in [1.29, 1.82) is 0 Å². The van der Waals surface area contributed by atoms with Crippen LogP contribution in [0.4, 0.5) is 21.7 Å². The molecule has 29 heavy (non-hydrogen) atoms. The molecule has 0 radical (unpaired) electrons. The summed E-state index contributed by atoms with van der Waals surface area (Å²) in [4.78, 5) is 13.1. The molecule has 0 amide bonds. The van der Waals surface area contributed by atoms with Crippen LogP contribution in [0.1, 0.15) is 11.6 Å². The Labute approximate surface area is 167 Å². The largest absolute Gasteiger partial charge is 0.388 e. The van der Waals surface area contributed by atoms with Crippen LogP contribution in [0.15, 0.2) is 54.7 Å². The molecule has 0 aliphatic rings. The summed E-state index contributed by atoms with van der Waals surface area (Å²) < 4.78 is 15.6. The van der Waals surface area contributed by atoms with Crippen molar-refractivity contribution < 1.29 is 4.39 Å². The van der Waals surface area contributed by atoms with Gasteiger partial charge in [0.05, 0.1) is 11.4 Å². The lowest BCUT2D eigenvalue weighted by molar-refractivity contribution is 0.629. The Balaban J connectivity index is 1.57. The van der Waals surface area contributed by atoms with Gasteiger partial charge in [0.25, 0.3) is 0 Å². The van der Waals surface area contributed by atoms with E-state index in [0.29, 0.717) is 22.9 Å². The first-order valence-electron chi connectivity index (χ1n) is 9.11. The SMILES string of the molecule is CNc1cc(F)cc(-c2ccnc(Nc3ccc(-n4nc(C)nc4C)cc3)n2)c1. The monoisotopic (exact) mass is 389 g/mol. The second-order valence-corrected chi connectivity index (χ2v) is 6.53. The summed E-state index contributed by atoms with van der Waals surface area (Å²) in [5, 5.41) is 10.5. The molecule has 0 atom stereocenters. The lowest BCUT2D eigenvalue weighted by atomic mass is 10.1. The van der Waals surface area contributed by atoms with Crippen molar-refractivity contribution in [3.63, 3.8) is 0 Å². The maximum absolute atomic E-state index is 13.8. The van der Waals surface area contributed by atoms with Gasteiger partial charge >= 0.3 is 0 Å². The van der Waals surface area contributed by atoms with Gasteiger partial charge in [0, 0.05) is 30.2 Å².